The summed E-state index contributed by atoms with van der Waals surface area (Å²) in [6.07, 6.45) is 3.55. The second-order valence-electron chi connectivity index (χ2n) is 6.16. The Balaban J connectivity index is 1.84. The van der Waals surface area contributed by atoms with Crippen LogP contribution in [0.15, 0.2) is 49.3 Å². The molecule has 32 heavy (non-hydrogen) atoms. The molecule has 0 saturated carbocycles. The summed E-state index contributed by atoms with van der Waals surface area (Å²) in [6.45, 7) is 3.50. The predicted molar refractivity (Wildman–Crippen MR) is 113 cm³/mol. The van der Waals surface area contributed by atoms with Crippen molar-refractivity contribution in [1.82, 2.24) is 20.6 Å². The van der Waals surface area contributed by atoms with Crippen molar-refractivity contribution in [2.24, 2.45) is 0 Å². The number of phenols is 1. The Morgan fingerprint density at radius 2 is 1.97 bits per heavy atom. The molecule has 0 bridgehead atoms. The molecule has 1 atom stereocenters. The zero-order valence-electron chi connectivity index (χ0n) is 17.0. The van der Waals surface area contributed by atoms with Crippen molar-refractivity contribution in [3.8, 4) is 11.5 Å². The number of carbonyl (C=O) groups excluding carboxylic acids is 2. The lowest BCUT2D eigenvalue weighted by molar-refractivity contribution is -0.139. The number of anilines is 1. The fourth-order valence-corrected chi connectivity index (χ4v) is 2.32. The molecule has 5 N–H and O–H groups in total. The number of aliphatic carboxylic acids is 1. The Morgan fingerprint density at radius 1 is 1.22 bits per heavy atom. The van der Waals surface area contributed by atoms with E-state index in [0.29, 0.717) is 18.2 Å². The predicted octanol–water partition coefficient (Wildman–Crippen LogP) is 0.768. The zero-order chi connectivity index (χ0) is 23.3. The van der Waals surface area contributed by atoms with E-state index in [1.807, 2.05) is 0 Å². The normalized spacial score (nSPS) is 11.0. The topological polar surface area (TPSA) is 172 Å². The Hall–Kier alpha value is -4.35. The first-order valence-electron chi connectivity index (χ1n) is 9.42. The number of aromatic hydroxyl groups is 1. The van der Waals surface area contributed by atoms with Gasteiger partial charge in [0.05, 0.1) is 12.1 Å². The van der Waals surface area contributed by atoms with Gasteiger partial charge in [0.25, 0.3) is 5.91 Å². The molecule has 1 heterocycles. The minimum Gasteiger partial charge on any atom is -0.507 e. The van der Waals surface area contributed by atoms with Crippen molar-refractivity contribution in [1.29, 1.82) is 0 Å². The van der Waals surface area contributed by atoms with Gasteiger partial charge in [-0.25, -0.2) is 19.6 Å². The van der Waals surface area contributed by atoms with E-state index in [1.165, 1.54) is 24.3 Å². The minimum absolute atomic E-state index is 0.0912. The summed E-state index contributed by atoms with van der Waals surface area (Å²) in [7, 11) is 0. The van der Waals surface area contributed by atoms with E-state index in [4.69, 9.17) is 4.74 Å². The number of carboxylic acids is 1. The largest absolute Gasteiger partial charge is 0.507 e. The first-order valence-corrected chi connectivity index (χ1v) is 9.42. The van der Waals surface area contributed by atoms with Crippen LogP contribution in [0, 0.1) is 0 Å². The number of aromatic nitrogens is 2. The standard InChI is InChI=1S/C20H23N5O7/c1-2-9-32-20(30)25-15(18(28)29)12-24-17(27)14-5-4-13(11-16(14)26)31-10-8-23-19-21-6-3-7-22-19/h2-7,11,15,26H,1,8-10,12H2,(H,24,27)(H,25,30)(H,28,29)(H,21,22,23)/t15-/m0/s1. The summed E-state index contributed by atoms with van der Waals surface area (Å²) in [5.41, 5.74) is -0.0912. The third-order valence-corrected chi connectivity index (χ3v) is 3.82. The van der Waals surface area contributed by atoms with E-state index >= 15 is 0 Å². The molecule has 1 aromatic heterocycles. The summed E-state index contributed by atoms with van der Waals surface area (Å²) in [5.74, 6) is -1.68. The second kappa shape index (κ2) is 12.4. The lowest BCUT2D eigenvalue weighted by Crippen LogP contribution is -2.48. The highest BCUT2D eigenvalue weighted by atomic mass is 16.5. The Morgan fingerprint density at radius 3 is 2.62 bits per heavy atom. The SMILES string of the molecule is C=CCOC(=O)N[C@@H](CNC(=O)c1ccc(OCCNc2ncccn2)cc1O)C(=O)O. The van der Waals surface area contributed by atoms with Crippen LogP contribution in [0.25, 0.3) is 0 Å². The molecule has 0 aliphatic rings. The van der Waals surface area contributed by atoms with Gasteiger partial charge in [0.15, 0.2) is 0 Å². The molecular formula is C20H23N5O7. The van der Waals surface area contributed by atoms with Gasteiger partial charge in [0, 0.05) is 25.0 Å². The van der Waals surface area contributed by atoms with Crippen molar-refractivity contribution in [3.05, 3.63) is 54.9 Å². The van der Waals surface area contributed by atoms with Crippen LogP contribution in [-0.4, -0.2) is 70.5 Å². The molecule has 0 aliphatic carbocycles. The molecule has 0 radical (unpaired) electrons. The molecule has 12 nitrogen and oxygen atoms in total. The number of alkyl carbamates (subject to hydrolysis) is 1. The number of benzene rings is 1. The second-order valence-corrected chi connectivity index (χ2v) is 6.16. The summed E-state index contributed by atoms with van der Waals surface area (Å²) < 4.78 is 10.1. The van der Waals surface area contributed by atoms with Gasteiger partial charge in [0.1, 0.15) is 30.8 Å². The number of ether oxygens (including phenoxy) is 2. The van der Waals surface area contributed by atoms with Crippen molar-refractivity contribution in [3.63, 3.8) is 0 Å². The fraction of sp³-hybridized carbons (Fsp3) is 0.250. The number of hydrogen-bond donors (Lipinski definition) is 5. The Kier molecular flexibility index (Phi) is 9.25. The highest BCUT2D eigenvalue weighted by Gasteiger charge is 2.22. The average Bonchev–Trinajstić information content (AvgIpc) is 2.78. The summed E-state index contributed by atoms with van der Waals surface area (Å²) >= 11 is 0. The van der Waals surface area contributed by atoms with Gasteiger partial charge in [-0.2, -0.15) is 0 Å². The number of hydrogen-bond acceptors (Lipinski definition) is 9. The molecule has 2 rings (SSSR count). The Labute approximate surface area is 183 Å². The van der Waals surface area contributed by atoms with Crippen LogP contribution in [0.4, 0.5) is 10.7 Å². The molecule has 0 aliphatic heterocycles. The lowest BCUT2D eigenvalue weighted by Gasteiger charge is -2.15. The third kappa shape index (κ3) is 7.82. The number of rotatable bonds is 12. The quantitative estimate of drug-likeness (QED) is 0.232. The van der Waals surface area contributed by atoms with Gasteiger partial charge in [-0.15, -0.1) is 0 Å². The molecule has 0 saturated heterocycles. The molecule has 170 valence electrons. The van der Waals surface area contributed by atoms with Gasteiger partial charge in [-0.1, -0.05) is 12.7 Å². The van der Waals surface area contributed by atoms with E-state index in [9.17, 15) is 24.6 Å². The first kappa shape index (κ1) is 23.9. The van der Waals surface area contributed by atoms with Crippen LogP contribution >= 0.6 is 0 Å². The lowest BCUT2D eigenvalue weighted by atomic mass is 10.1. The van der Waals surface area contributed by atoms with Crippen LogP contribution in [0.1, 0.15) is 10.4 Å². The monoisotopic (exact) mass is 445 g/mol. The molecule has 1 aromatic carbocycles. The first-order chi connectivity index (χ1) is 15.4. The number of nitrogens with one attached hydrogen (secondary N) is 3. The average molecular weight is 445 g/mol. The van der Waals surface area contributed by atoms with Crippen molar-refractivity contribution in [2.45, 2.75) is 6.04 Å². The van der Waals surface area contributed by atoms with Gasteiger partial charge >= 0.3 is 12.1 Å². The molecule has 12 heteroatoms. The number of amides is 2. The van der Waals surface area contributed by atoms with Crippen molar-refractivity contribution >= 4 is 23.9 Å². The van der Waals surface area contributed by atoms with Crippen LogP contribution < -0.4 is 20.7 Å². The smallest absolute Gasteiger partial charge is 0.408 e. The molecule has 0 unspecified atom stereocenters. The molecule has 0 spiro atoms. The number of phenolic OH excluding ortho intramolecular Hbond substituents is 1. The highest BCUT2D eigenvalue weighted by molar-refractivity contribution is 5.97. The summed E-state index contributed by atoms with van der Waals surface area (Å²) in [5, 5.41) is 26.7. The molecule has 0 fully saturated rings. The highest BCUT2D eigenvalue weighted by Crippen LogP contribution is 2.23. The van der Waals surface area contributed by atoms with Crippen LogP contribution in [0.3, 0.4) is 0 Å². The third-order valence-electron chi connectivity index (χ3n) is 3.82. The number of carboxylic acid groups (broad SMARTS) is 1. The summed E-state index contributed by atoms with van der Waals surface area (Å²) in [6, 6.07) is 4.33. The van der Waals surface area contributed by atoms with Crippen molar-refractivity contribution < 1.29 is 34.1 Å². The van der Waals surface area contributed by atoms with E-state index in [-0.39, 0.29) is 24.5 Å². The maximum atomic E-state index is 12.3. The fourth-order valence-electron chi connectivity index (χ4n) is 2.32. The zero-order valence-corrected chi connectivity index (χ0v) is 17.0. The van der Waals surface area contributed by atoms with E-state index in [0.717, 1.165) is 0 Å². The van der Waals surface area contributed by atoms with E-state index in [1.54, 1.807) is 18.5 Å². The van der Waals surface area contributed by atoms with Gasteiger partial charge in [0.2, 0.25) is 5.95 Å². The van der Waals surface area contributed by atoms with Crippen LogP contribution in [0.2, 0.25) is 0 Å². The molecule has 2 amide bonds. The minimum atomic E-state index is -1.43. The maximum Gasteiger partial charge on any atom is 0.408 e. The van der Waals surface area contributed by atoms with Gasteiger partial charge in [-0.05, 0) is 18.2 Å². The van der Waals surface area contributed by atoms with E-state index in [2.05, 4.69) is 37.2 Å². The maximum absolute atomic E-state index is 12.3. The van der Waals surface area contributed by atoms with Crippen LogP contribution in [-0.2, 0) is 9.53 Å². The number of nitrogens with zero attached hydrogens (tertiary/aromatic N) is 2. The summed E-state index contributed by atoms with van der Waals surface area (Å²) in [4.78, 5) is 43.1. The van der Waals surface area contributed by atoms with Gasteiger partial charge in [-0.3, -0.25) is 4.79 Å². The van der Waals surface area contributed by atoms with Gasteiger partial charge < -0.3 is 35.6 Å². The molecule has 2 aromatic rings. The van der Waals surface area contributed by atoms with E-state index < -0.39 is 30.6 Å². The molecular weight excluding hydrogens is 422 g/mol. The Bertz CT molecular complexity index is 939. The number of carbonyl (C=O) groups is 3. The van der Waals surface area contributed by atoms with Crippen LogP contribution in [0.5, 0.6) is 11.5 Å². The van der Waals surface area contributed by atoms with Crippen molar-refractivity contribution in [2.75, 3.05) is 31.6 Å².